The number of rotatable bonds is 6. The van der Waals surface area contributed by atoms with E-state index in [0.29, 0.717) is 25.6 Å². The third kappa shape index (κ3) is 4.74. The molecule has 0 unspecified atom stereocenters. The quantitative estimate of drug-likeness (QED) is 0.550. The lowest BCUT2D eigenvalue weighted by atomic mass is 10.1. The van der Waals surface area contributed by atoms with Gasteiger partial charge in [-0.3, -0.25) is 9.05 Å². The fourth-order valence-electron chi connectivity index (χ4n) is 1.96. The summed E-state index contributed by atoms with van der Waals surface area (Å²) in [6, 6.07) is 0. The second-order valence-electron chi connectivity index (χ2n) is 4.57. The number of carbonyl (C=O) groups is 1. The summed E-state index contributed by atoms with van der Waals surface area (Å²) in [5.41, 5.74) is 0. The Bertz CT molecular complexity index is 281. The van der Waals surface area contributed by atoms with E-state index in [1.165, 1.54) is 0 Å². The fraction of sp³-hybridized carbons (Fsp3) is 0.900. The largest absolute Gasteiger partial charge is 0.339 e. The van der Waals surface area contributed by atoms with Crippen LogP contribution in [0.15, 0.2) is 0 Å². The normalized spacial score (nSPS) is 13.2. The molecule has 0 radical (unpaired) electrons. The van der Waals surface area contributed by atoms with Crippen LogP contribution in [0.1, 0.15) is 27.7 Å². The molecule has 0 spiro atoms. The second-order valence-corrected chi connectivity index (χ2v) is 6.22. The fourth-order valence-corrected chi connectivity index (χ4v) is 2.61. The second kappa shape index (κ2) is 5.92. The minimum Gasteiger partial charge on any atom is -0.324 e. The highest BCUT2D eigenvalue weighted by Gasteiger charge is 2.37. The molecule has 6 heteroatoms. The summed E-state index contributed by atoms with van der Waals surface area (Å²) in [6.45, 7) is 9.55. The van der Waals surface area contributed by atoms with E-state index in [2.05, 4.69) is 0 Å². The summed E-state index contributed by atoms with van der Waals surface area (Å²) in [4.78, 5) is 29.7. The Morgan fingerprint density at radius 3 is 1.94 bits per heavy atom. The van der Waals surface area contributed by atoms with Gasteiger partial charge in [-0.15, -0.1) is 0 Å². The number of quaternary nitrogens is 1. The maximum atomic E-state index is 12.0. The van der Waals surface area contributed by atoms with Gasteiger partial charge in [0.1, 0.15) is 0 Å². The SMILES string of the molecule is CC[N+](CC)(CC(C)C)C(=O)CP(=O)(O)O. The number of carbonyl (C=O) groups excluding carboxylic acids is 1. The summed E-state index contributed by atoms with van der Waals surface area (Å²) >= 11 is 0. The molecule has 0 saturated heterocycles. The zero-order valence-electron chi connectivity index (χ0n) is 10.5. The van der Waals surface area contributed by atoms with Crippen LogP contribution in [-0.2, 0) is 9.36 Å². The number of nitrogens with zero attached hydrogens (tertiary/aromatic N) is 1. The molecule has 96 valence electrons. The van der Waals surface area contributed by atoms with Crippen molar-refractivity contribution in [3.63, 3.8) is 0 Å². The van der Waals surface area contributed by atoms with Crippen LogP contribution in [-0.4, -0.2) is 46.0 Å². The molecule has 0 bridgehead atoms. The van der Waals surface area contributed by atoms with Crippen LogP contribution in [0.3, 0.4) is 0 Å². The summed E-state index contributed by atoms with van der Waals surface area (Å²) in [7, 11) is -4.25. The van der Waals surface area contributed by atoms with Gasteiger partial charge >= 0.3 is 13.5 Å². The minimum atomic E-state index is -4.25. The van der Waals surface area contributed by atoms with E-state index < -0.39 is 13.8 Å². The Morgan fingerprint density at radius 2 is 1.69 bits per heavy atom. The van der Waals surface area contributed by atoms with Crippen molar-refractivity contribution >= 4 is 13.5 Å². The zero-order chi connectivity index (χ0) is 13.0. The Kier molecular flexibility index (Phi) is 5.84. The molecular formula is C10H23NO4P+. The molecule has 1 amide bonds. The van der Waals surface area contributed by atoms with Gasteiger partial charge in [0, 0.05) is 5.92 Å². The Hall–Kier alpha value is -0.220. The molecule has 0 aromatic rings. The van der Waals surface area contributed by atoms with E-state index in [0.717, 1.165) is 0 Å². The minimum absolute atomic E-state index is 0.156. The van der Waals surface area contributed by atoms with Crippen LogP contribution in [0, 0.1) is 5.92 Å². The third-order valence-electron chi connectivity index (χ3n) is 2.80. The Morgan fingerprint density at radius 1 is 1.25 bits per heavy atom. The van der Waals surface area contributed by atoms with Crippen LogP contribution in [0.2, 0.25) is 0 Å². The predicted octanol–water partition coefficient (Wildman–Crippen LogP) is 1.20. The zero-order valence-corrected chi connectivity index (χ0v) is 11.4. The Labute approximate surface area is 97.2 Å². The van der Waals surface area contributed by atoms with Crippen molar-refractivity contribution in [2.75, 3.05) is 25.8 Å². The van der Waals surface area contributed by atoms with E-state index in [1.54, 1.807) is 0 Å². The highest BCUT2D eigenvalue weighted by atomic mass is 31.2. The van der Waals surface area contributed by atoms with E-state index in [9.17, 15) is 9.36 Å². The monoisotopic (exact) mass is 252 g/mol. The smallest absolute Gasteiger partial charge is 0.324 e. The van der Waals surface area contributed by atoms with Gasteiger partial charge < -0.3 is 9.79 Å². The van der Waals surface area contributed by atoms with Crippen molar-refractivity contribution in [2.45, 2.75) is 27.7 Å². The van der Waals surface area contributed by atoms with Crippen molar-refractivity contribution < 1.29 is 23.6 Å². The number of amides is 1. The number of hydrogen-bond acceptors (Lipinski definition) is 2. The molecule has 0 aliphatic rings. The summed E-state index contributed by atoms with van der Waals surface area (Å²) < 4.78 is 11.0. The van der Waals surface area contributed by atoms with Crippen LogP contribution in [0.4, 0.5) is 0 Å². The lowest BCUT2D eigenvalue weighted by molar-refractivity contribution is -0.853. The predicted molar refractivity (Wildman–Crippen MR) is 63.0 cm³/mol. The van der Waals surface area contributed by atoms with Crippen LogP contribution >= 0.6 is 7.60 Å². The molecule has 5 nitrogen and oxygen atoms in total. The van der Waals surface area contributed by atoms with Crippen molar-refractivity contribution in [1.29, 1.82) is 0 Å². The molecule has 0 aromatic carbocycles. The first-order valence-corrected chi connectivity index (χ1v) is 7.40. The van der Waals surface area contributed by atoms with Crippen LogP contribution in [0.25, 0.3) is 0 Å². The summed E-state index contributed by atoms with van der Waals surface area (Å²) in [5.74, 6) is -0.0346. The maximum absolute atomic E-state index is 12.0. The van der Waals surface area contributed by atoms with Gasteiger partial charge in [-0.25, -0.2) is 4.79 Å². The van der Waals surface area contributed by atoms with E-state index in [1.807, 2.05) is 27.7 Å². The van der Waals surface area contributed by atoms with Crippen LogP contribution < -0.4 is 0 Å². The lowest BCUT2D eigenvalue weighted by Crippen LogP contribution is -2.55. The molecular weight excluding hydrogens is 229 g/mol. The average molecular weight is 252 g/mol. The van der Waals surface area contributed by atoms with Gasteiger partial charge in [-0.1, -0.05) is 13.8 Å². The van der Waals surface area contributed by atoms with Crippen molar-refractivity contribution in [3.8, 4) is 0 Å². The first kappa shape index (κ1) is 15.8. The molecule has 16 heavy (non-hydrogen) atoms. The molecule has 0 aliphatic carbocycles. The molecule has 2 N–H and O–H groups in total. The molecule has 0 fully saturated rings. The highest BCUT2D eigenvalue weighted by molar-refractivity contribution is 7.52. The number of hydrogen-bond donors (Lipinski definition) is 2. The Balaban J connectivity index is 4.89. The van der Waals surface area contributed by atoms with E-state index in [4.69, 9.17) is 9.79 Å². The van der Waals surface area contributed by atoms with Crippen molar-refractivity contribution in [3.05, 3.63) is 0 Å². The molecule has 0 saturated carbocycles. The standard InChI is InChI=1S/C10H22NO4P/c1-5-11(6-2,7-9(3)4)10(12)8-16(13,14)15/h9H,5-8H2,1-4H3,(H-,13,14,15)/p+1. The first-order chi connectivity index (χ1) is 7.17. The van der Waals surface area contributed by atoms with Gasteiger partial charge in [0.15, 0.2) is 6.16 Å². The van der Waals surface area contributed by atoms with Crippen molar-refractivity contribution in [1.82, 2.24) is 0 Å². The summed E-state index contributed by atoms with van der Waals surface area (Å²) in [6.07, 6.45) is -0.651. The van der Waals surface area contributed by atoms with Gasteiger partial charge in [-0.05, 0) is 13.8 Å². The van der Waals surface area contributed by atoms with Crippen LogP contribution in [0.5, 0.6) is 0 Å². The van der Waals surface area contributed by atoms with Gasteiger partial charge in [0.05, 0.1) is 19.6 Å². The van der Waals surface area contributed by atoms with Crippen molar-refractivity contribution in [2.24, 2.45) is 5.92 Å². The van der Waals surface area contributed by atoms with E-state index >= 15 is 0 Å². The topological polar surface area (TPSA) is 74.6 Å². The molecule has 0 heterocycles. The third-order valence-corrected chi connectivity index (χ3v) is 3.48. The lowest BCUT2D eigenvalue weighted by Gasteiger charge is -2.35. The van der Waals surface area contributed by atoms with E-state index in [-0.39, 0.29) is 10.4 Å². The highest BCUT2D eigenvalue weighted by Crippen LogP contribution is 2.35. The van der Waals surface area contributed by atoms with Gasteiger partial charge in [0.2, 0.25) is 0 Å². The molecule has 0 aromatic heterocycles. The van der Waals surface area contributed by atoms with Gasteiger partial charge in [-0.2, -0.15) is 0 Å². The average Bonchev–Trinajstić information content (AvgIpc) is 2.11. The first-order valence-electron chi connectivity index (χ1n) is 5.61. The molecule has 0 aliphatic heterocycles. The molecule has 0 rings (SSSR count). The summed E-state index contributed by atoms with van der Waals surface area (Å²) in [5, 5.41) is 0. The van der Waals surface area contributed by atoms with Gasteiger partial charge in [0.25, 0.3) is 0 Å². The molecule has 0 atom stereocenters. The maximum Gasteiger partial charge on any atom is 0.339 e.